The number of aliphatic imine (C=N–C) groups is 1. The van der Waals surface area contributed by atoms with Crippen LogP contribution in [-0.2, 0) is 0 Å². The number of guanidine groups is 1. The summed E-state index contributed by atoms with van der Waals surface area (Å²) in [6.45, 7) is 11.6. The standard InChI is InChI=1S/C25H39N5O.HI/c1-20(2)24(30-15-13-29(4)14-16-30)19-28-25(26-3)27-12-7-17-31-23-11-10-21-8-5-6-9-22(21)18-23;/h5-6,8-11,18,20,24H,7,12-17,19H2,1-4H3,(H2,26,27,28);1H. The molecule has 3 rings (SSSR count). The zero-order valence-electron chi connectivity index (χ0n) is 20.0. The maximum Gasteiger partial charge on any atom is 0.191 e. The molecule has 0 spiro atoms. The Morgan fingerprint density at radius 3 is 2.44 bits per heavy atom. The summed E-state index contributed by atoms with van der Waals surface area (Å²) in [6, 6.07) is 15.1. The van der Waals surface area contributed by atoms with E-state index >= 15 is 0 Å². The van der Waals surface area contributed by atoms with Gasteiger partial charge in [0.15, 0.2) is 5.96 Å². The third-order valence-corrected chi connectivity index (χ3v) is 6.08. The van der Waals surface area contributed by atoms with Gasteiger partial charge in [-0.05, 0) is 42.3 Å². The first-order valence-corrected chi connectivity index (χ1v) is 11.6. The molecule has 1 saturated heterocycles. The number of piperazine rings is 1. The summed E-state index contributed by atoms with van der Waals surface area (Å²) in [5.74, 6) is 2.39. The lowest BCUT2D eigenvalue weighted by atomic mass is 10.0. The fourth-order valence-corrected chi connectivity index (χ4v) is 4.09. The normalized spacial score (nSPS) is 16.6. The lowest BCUT2D eigenvalue weighted by Crippen LogP contribution is -2.55. The van der Waals surface area contributed by atoms with Crippen molar-refractivity contribution in [1.29, 1.82) is 0 Å². The molecule has 0 radical (unpaired) electrons. The molecule has 2 aromatic carbocycles. The quantitative estimate of drug-likeness (QED) is 0.215. The van der Waals surface area contributed by atoms with Crippen molar-refractivity contribution in [2.45, 2.75) is 26.3 Å². The number of likely N-dealkylation sites (N-methyl/N-ethyl adjacent to an activating group) is 1. The van der Waals surface area contributed by atoms with Crippen molar-refractivity contribution < 1.29 is 4.74 Å². The van der Waals surface area contributed by atoms with Gasteiger partial charge in [-0.3, -0.25) is 9.89 Å². The van der Waals surface area contributed by atoms with E-state index in [1.807, 2.05) is 13.1 Å². The van der Waals surface area contributed by atoms with E-state index in [1.165, 1.54) is 10.8 Å². The van der Waals surface area contributed by atoms with Gasteiger partial charge in [0.2, 0.25) is 0 Å². The first kappa shape index (κ1) is 26.7. The minimum atomic E-state index is 0. The topological polar surface area (TPSA) is 52.1 Å². The van der Waals surface area contributed by atoms with Gasteiger partial charge in [-0.25, -0.2) is 0 Å². The van der Waals surface area contributed by atoms with Gasteiger partial charge in [0.05, 0.1) is 6.61 Å². The highest BCUT2D eigenvalue weighted by atomic mass is 127. The molecule has 1 aliphatic rings. The fourth-order valence-electron chi connectivity index (χ4n) is 4.09. The molecule has 1 heterocycles. The van der Waals surface area contributed by atoms with Crippen LogP contribution in [0.2, 0.25) is 0 Å². The number of fused-ring (bicyclic) bond motifs is 1. The minimum Gasteiger partial charge on any atom is -0.494 e. The van der Waals surface area contributed by atoms with Crippen molar-refractivity contribution in [3.05, 3.63) is 42.5 Å². The number of hydrogen-bond donors (Lipinski definition) is 2. The van der Waals surface area contributed by atoms with E-state index in [2.05, 4.69) is 82.7 Å². The number of hydrogen-bond acceptors (Lipinski definition) is 4. The number of benzene rings is 2. The second-order valence-electron chi connectivity index (χ2n) is 8.74. The summed E-state index contributed by atoms with van der Waals surface area (Å²) in [5.41, 5.74) is 0. The summed E-state index contributed by atoms with van der Waals surface area (Å²) in [6.07, 6.45) is 0.916. The number of halogens is 1. The third-order valence-electron chi connectivity index (χ3n) is 6.08. The number of rotatable bonds is 9. The Bertz CT molecular complexity index is 836. The van der Waals surface area contributed by atoms with Crippen LogP contribution in [0.15, 0.2) is 47.5 Å². The van der Waals surface area contributed by atoms with Crippen LogP contribution in [-0.4, -0.2) is 81.8 Å². The molecule has 0 amide bonds. The first-order valence-electron chi connectivity index (χ1n) is 11.6. The molecule has 0 saturated carbocycles. The molecular weight excluding hydrogens is 513 g/mol. The van der Waals surface area contributed by atoms with Gasteiger partial charge in [0.1, 0.15) is 5.75 Å². The summed E-state index contributed by atoms with van der Waals surface area (Å²) in [4.78, 5) is 9.41. The van der Waals surface area contributed by atoms with Crippen LogP contribution in [0, 0.1) is 5.92 Å². The Labute approximate surface area is 210 Å². The van der Waals surface area contributed by atoms with Crippen molar-refractivity contribution in [1.82, 2.24) is 20.4 Å². The van der Waals surface area contributed by atoms with Crippen molar-refractivity contribution >= 4 is 40.7 Å². The molecule has 1 fully saturated rings. The molecule has 7 heteroatoms. The molecule has 1 unspecified atom stereocenters. The average molecular weight is 554 g/mol. The highest BCUT2D eigenvalue weighted by Gasteiger charge is 2.24. The van der Waals surface area contributed by atoms with E-state index in [1.54, 1.807) is 0 Å². The SMILES string of the molecule is CN=C(NCCCOc1ccc2ccccc2c1)NCC(C(C)C)N1CCN(C)CC1.I. The highest BCUT2D eigenvalue weighted by Crippen LogP contribution is 2.20. The van der Waals surface area contributed by atoms with Crippen molar-refractivity contribution in [3.8, 4) is 5.75 Å². The van der Waals surface area contributed by atoms with Gasteiger partial charge < -0.3 is 20.3 Å². The molecule has 2 aromatic rings. The second-order valence-corrected chi connectivity index (χ2v) is 8.74. The Hall–Kier alpha value is -1.58. The molecule has 1 aliphatic heterocycles. The Morgan fingerprint density at radius 1 is 1.03 bits per heavy atom. The summed E-state index contributed by atoms with van der Waals surface area (Å²) in [7, 11) is 4.04. The predicted molar refractivity (Wildman–Crippen MR) is 147 cm³/mol. The molecule has 178 valence electrons. The predicted octanol–water partition coefficient (Wildman–Crippen LogP) is 3.66. The molecule has 0 bridgehead atoms. The average Bonchev–Trinajstić information content (AvgIpc) is 2.78. The molecule has 2 N–H and O–H groups in total. The summed E-state index contributed by atoms with van der Waals surface area (Å²) >= 11 is 0. The van der Waals surface area contributed by atoms with Gasteiger partial charge in [-0.15, -0.1) is 24.0 Å². The van der Waals surface area contributed by atoms with Gasteiger partial charge in [0.25, 0.3) is 0 Å². The Morgan fingerprint density at radius 2 is 1.75 bits per heavy atom. The molecule has 6 nitrogen and oxygen atoms in total. The van der Waals surface area contributed by atoms with E-state index in [4.69, 9.17) is 4.74 Å². The van der Waals surface area contributed by atoms with Crippen LogP contribution < -0.4 is 15.4 Å². The van der Waals surface area contributed by atoms with Crippen LogP contribution in [0.25, 0.3) is 10.8 Å². The van der Waals surface area contributed by atoms with E-state index in [-0.39, 0.29) is 24.0 Å². The van der Waals surface area contributed by atoms with Crippen LogP contribution in [0.1, 0.15) is 20.3 Å². The van der Waals surface area contributed by atoms with E-state index in [0.717, 1.165) is 57.4 Å². The molecule has 32 heavy (non-hydrogen) atoms. The lowest BCUT2D eigenvalue weighted by Gasteiger charge is -2.40. The van der Waals surface area contributed by atoms with Gasteiger partial charge in [-0.1, -0.05) is 44.2 Å². The number of nitrogens with one attached hydrogen (secondary N) is 2. The van der Waals surface area contributed by atoms with E-state index < -0.39 is 0 Å². The Balaban J connectivity index is 0.00000363. The van der Waals surface area contributed by atoms with E-state index in [0.29, 0.717) is 18.6 Å². The number of ether oxygens (including phenoxy) is 1. The first-order chi connectivity index (χ1) is 15.1. The fraction of sp³-hybridized carbons (Fsp3) is 0.560. The summed E-state index contributed by atoms with van der Waals surface area (Å²) < 4.78 is 5.94. The monoisotopic (exact) mass is 553 g/mol. The smallest absolute Gasteiger partial charge is 0.191 e. The lowest BCUT2D eigenvalue weighted by molar-refractivity contribution is 0.0900. The largest absolute Gasteiger partial charge is 0.494 e. The van der Waals surface area contributed by atoms with Crippen molar-refractivity contribution in [3.63, 3.8) is 0 Å². The maximum absolute atomic E-state index is 5.94. The van der Waals surface area contributed by atoms with E-state index in [9.17, 15) is 0 Å². The summed E-state index contributed by atoms with van der Waals surface area (Å²) in [5, 5.41) is 9.40. The maximum atomic E-state index is 5.94. The zero-order valence-corrected chi connectivity index (χ0v) is 22.3. The highest BCUT2D eigenvalue weighted by molar-refractivity contribution is 14.0. The van der Waals surface area contributed by atoms with Gasteiger partial charge >= 0.3 is 0 Å². The zero-order chi connectivity index (χ0) is 22.1. The van der Waals surface area contributed by atoms with Crippen molar-refractivity contribution in [2.75, 3.05) is 60.0 Å². The van der Waals surface area contributed by atoms with Gasteiger partial charge in [0, 0.05) is 52.4 Å². The molecule has 0 aromatic heterocycles. The van der Waals surface area contributed by atoms with Crippen LogP contribution in [0.5, 0.6) is 5.75 Å². The minimum absolute atomic E-state index is 0. The second kappa shape index (κ2) is 13.9. The van der Waals surface area contributed by atoms with Gasteiger partial charge in [-0.2, -0.15) is 0 Å². The molecular formula is C25H40IN5O. The van der Waals surface area contributed by atoms with Crippen molar-refractivity contribution in [2.24, 2.45) is 10.9 Å². The van der Waals surface area contributed by atoms with Crippen LogP contribution >= 0.6 is 24.0 Å². The molecule has 0 aliphatic carbocycles. The third kappa shape index (κ3) is 8.08. The molecule has 1 atom stereocenters. The van der Waals surface area contributed by atoms with Crippen LogP contribution in [0.4, 0.5) is 0 Å². The van der Waals surface area contributed by atoms with Crippen LogP contribution in [0.3, 0.4) is 0 Å². The Kier molecular flexibility index (Phi) is 11.5. The number of nitrogens with zero attached hydrogens (tertiary/aromatic N) is 3.